The predicted molar refractivity (Wildman–Crippen MR) is 92.2 cm³/mol. The van der Waals surface area contributed by atoms with Gasteiger partial charge < -0.3 is 4.74 Å². The summed E-state index contributed by atoms with van der Waals surface area (Å²) in [4.78, 5) is 3.91. The molecule has 8 heteroatoms. The van der Waals surface area contributed by atoms with Gasteiger partial charge in [-0.1, -0.05) is 24.3 Å². The zero-order valence-corrected chi connectivity index (χ0v) is 13.9. The van der Waals surface area contributed by atoms with E-state index in [1.807, 2.05) is 18.2 Å². The summed E-state index contributed by atoms with van der Waals surface area (Å²) >= 11 is 0. The molecule has 0 atom stereocenters. The Bertz CT molecular complexity index is 954. The molecule has 5 nitrogen and oxygen atoms in total. The van der Waals surface area contributed by atoms with Gasteiger partial charge in [0, 0.05) is 0 Å². The highest BCUT2D eigenvalue weighted by Gasteiger charge is 2.30. The van der Waals surface area contributed by atoms with E-state index in [-0.39, 0.29) is 5.75 Å². The summed E-state index contributed by atoms with van der Waals surface area (Å²) in [5.41, 5.74) is 2.95. The van der Waals surface area contributed by atoms with E-state index in [0.717, 1.165) is 11.1 Å². The average molecular weight is 370 g/mol. The molecule has 0 radical (unpaired) electrons. The van der Waals surface area contributed by atoms with E-state index < -0.39 is 6.36 Å². The first-order valence-corrected chi connectivity index (χ1v) is 7.82. The summed E-state index contributed by atoms with van der Waals surface area (Å²) < 4.78 is 42.3. The molecule has 3 aromatic rings. The number of hydrogen-bond acceptors (Lipinski definition) is 4. The maximum atomic E-state index is 12.3. The molecule has 0 unspecified atom stereocenters. The molecule has 27 heavy (non-hydrogen) atoms. The number of aromatic nitrogens is 3. The Balaban J connectivity index is 1.90. The largest absolute Gasteiger partial charge is 0.573 e. The van der Waals surface area contributed by atoms with Gasteiger partial charge in [-0.2, -0.15) is 10.4 Å². The van der Waals surface area contributed by atoms with Crippen molar-refractivity contribution in [3.63, 3.8) is 0 Å². The minimum atomic E-state index is -4.72. The second kappa shape index (κ2) is 7.74. The van der Waals surface area contributed by atoms with Crippen LogP contribution in [0.1, 0.15) is 16.7 Å². The van der Waals surface area contributed by atoms with Crippen LogP contribution in [0.15, 0.2) is 61.2 Å². The van der Waals surface area contributed by atoms with Crippen LogP contribution in [0.3, 0.4) is 0 Å². The number of nitrogens with zero attached hydrogens (tertiary/aromatic N) is 4. The van der Waals surface area contributed by atoms with Gasteiger partial charge in [-0.15, -0.1) is 13.2 Å². The van der Waals surface area contributed by atoms with Gasteiger partial charge in [-0.05, 0) is 47.0 Å². The van der Waals surface area contributed by atoms with Gasteiger partial charge in [0.05, 0.1) is 18.2 Å². The number of halogens is 3. The SMILES string of the molecule is N#Cc1ccc(C(=Cc2ccc(OC(F)(F)F)cc2)Cn2cncn2)cc1. The van der Waals surface area contributed by atoms with Gasteiger partial charge in [0.25, 0.3) is 0 Å². The lowest BCUT2D eigenvalue weighted by Gasteiger charge is -2.10. The van der Waals surface area contributed by atoms with Gasteiger partial charge in [0.15, 0.2) is 0 Å². The molecule has 0 aliphatic rings. The fourth-order valence-corrected chi connectivity index (χ4v) is 2.43. The number of alkyl halides is 3. The van der Waals surface area contributed by atoms with Crippen molar-refractivity contribution in [2.24, 2.45) is 0 Å². The molecule has 0 fully saturated rings. The second-order valence-corrected chi connectivity index (χ2v) is 5.57. The number of nitriles is 1. The Kier molecular flexibility index (Phi) is 5.22. The topological polar surface area (TPSA) is 63.7 Å². The summed E-state index contributed by atoms with van der Waals surface area (Å²) in [5, 5.41) is 13.0. The first-order chi connectivity index (χ1) is 12.9. The van der Waals surface area contributed by atoms with Gasteiger partial charge in [0.1, 0.15) is 18.4 Å². The lowest BCUT2D eigenvalue weighted by molar-refractivity contribution is -0.274. The van der Waals surface area contributed by atoms with Gasteiger partial charge in [0.2, 0.25) is 0 Å². The van der Waals surface area contributed by atoms with E-state index in [0.29, 0.717) is 17.7 Å². The smallest absolute Gasteiger partial charge is 0.406 e. The van der Waals surface area contributed by atoms with Crippen LogP contribution in [0.2, 0.25) is 0 Å². The van der Waals surface area contributed by atoms with Crippen LogP contribution in [0, 0.1) is 11.3 Å². The van der Waals surface area contributed by atoms with Crippen LogP contribution in [0.25, 0.3) is 11.6 Å². The van der Waals surface area contributed by atoms with E-state index in [1.165, 1.54) is 30.6 Å². The Morgan fingerprint density at radius 3 is 2.37 bits per heavy atom. The maximum absolute atomic E-state index is 12.3. The predicted octanol–water partition coefficient (Wildman–Crippen LogP) is 4.29. The molecular weight excluding hydrogens is 357 g/mol. The molecule has 136 valence electrons. The number of benzene rings is 2. The number of ether oxygens (including phenoxy) is 1. The normalized spacial score (nSPS) is 11.9. The third kappa shape index (κ3) is 5.19. The number of allylic oxidation sites excluding steroid dienone is 1. The van der Waals surface area contributed by atoms with Crippen molar-refractivity contribution < 1.29 is 17.9 Å². The van der Waals surface area contributed by atoms with Crippen LogP contribution < -0.4 is 4.74 Å². The Hall–Kier alpha value is -3.60. The van der Waals surface area contributed by atoms with Gasteiger partial charge >= 0.3 is 6.36 Å². The average Bonchev–Trinajstić information content (AvgIpc) is 3.15. The van der Waals surface area contributed by atoms with Crippen molar-refractivity contribution in [3.8, 4) is 11.8 Å². The maximum Gasteiger partial charge on any atom is 0.573 e. The number of rotatable bonds is 5. The van der Waals surface area contributed by atoms with Gasteiger partial charge in [-0.3, -0.25) is 0 Å². The van der Waals surface area contributed by atoms with Crippen LogP contribution in [0.5, 0.6) is 5.75 Å². The summed E-state index contributed by atoms with van der Waals surface area (Å²) in [7, 11) is 0. The van der Waals surface area contributed by atoms with Crippen LogP contribution in [-0.4, -0.2) is 21.1 Å². The Labute approximate surface area is 153 Å². The molecule has 1 aromatic heterocycles. The van der Waals surface area contributed by atoms with Crippen molar-refractivity contribution in [2.75, 3.05) is 0 Å². The molecule has 0 saturated heterocycles. The van der Waals surface area contributed by atoms with Crippen LogP contribution in [-0.2, 0) is 6.54 Å². The third-order valence-corrected chi connectivity index (χ3v) is 3.64. The molecular formula is C19H13F3N4O. The second-order valence-electron chi connectivity index (χ2n) is 5.57. The first kappa shape index (κ1) is 18.2. The Morgan fingerprint density at radius 1 is 1.11 bits per heavy atom. The summed E-state index contributed by atoms with van der Waals surface area (Å²) in [6.45, 7) is 0.409. The molecule has 3 rings (SSSR count). The molecule has 1 heterocycles. The number of hydrogen-bond donors (Lipinski definition) is 0. The van der Waals surface area contributed by atoms with E-state index in [2.05, 4.69) is 20.9 Å². The minimum Gasteiger partial charge on any atom is -0.406 e. The lowest BCUT2D eigenvalue weighted by Crippen LogP contribution is -2.16. The molecule has 0 N–H and O–H groups in total. The third-order valence-electron chi connectivity index (χ3n) is 3.64. The monoisotopic (exact) mass is 370 g/mol. The van der Waals surface area contributed by atoms with Crippen molar-refractivity contribution >= 4 is 11.6 Å². The fraction of sp³-hybridized carbons (Fsp3) is 0.105. The van der Waals surface area contributed by atoms with Crippen molar-refractivity contribution in [1.82, 2.24) is 14.8 Å². The van der Waals surface area contributed by atoms with Crippen LogP contribution >= 0.6 is 0 Å². The highest BCUT2D eigenvalue weighted by atomic mass is 19.4. The van der Waals surface area contributed by atoms with E-state index >= 15 is 0 Å². The molecule has 0 amide bonds. The van der Waals surface area contributed by atoms with Crippen molar-refractivity contribution in [2.45, 2.75) is 12.9 Å². The Morgan fingerprint density at radius 2 is 1.81 bits per heavy atom. The van der Waals surface area contributed by atoms with Crippen LogP contribution in [0.4, 0.5) is 13.2 Å². The first-order valence-electron chi connectivity index (χ1n) is 7.82. The summed E-state index contributed by atoms with van der Waals surface area (Å²) in [6.07, 6.45) is 0.0932. The van der Waals surface area contributed by atoms with E-state index in [1.54, 1.807) is 23.1 Å². The molecule has 0 saturated carbocycles. The van der Waals surface area contributed by atoms with E-state index in [4.69, 9.17) is 5.26 Å². The van der Waals surface area contributed by atoms with Gasteiger partial charge in [-0.25, -0.2) is 9.67 Å². The molecule has 2 aromatic carbocycles. The highest BCUT2D eigenvalue weighted by Crippen LogP contribution is 2.25. The molecule has 0 aliphatic heterocycles. The van der Waals surface area contributed by atoms with Crippen molar-refractivity contribution in [3.05, 3.63) is 77.9 Å². The highest BCUT2D eigenvalue weighted by molar-refractivity contribution is 5.81. The summed E-state index contributed by atoms with van der Waals surface area (Å²) in [6, 6.07) is 14.7. The standard InChI is InChI=1S/C19H13F3N4O/c20-19(21,22)27-18-7-3-14(4-8-18)9-17(11-26-13-24-12-25-26)16-5-1-15(10-23)2-6-16/h1-9,12-13H,11H2. The summed E-state index contributed by atoms with van der Waals surface area (Å²) in [5.74, 6) is -0.282. The molecule has 0 aliphatic carbocycles. The van der Waals surface area contributed by atoms with E-state index in [9.17, 15) is 13.2 Å². The minimum absolute atomic E-state index is 0.282. The van der Waals surface area contributed by atoms with Crippen molar-refractivity contribution in [1.29, 1.82) is 5.26 Å². The zero-order valence-electron chi connectivity index (χ0n) is 13.9. The molecule has 0 bridgehead atoms. The fourth-order valence-electron chi connectivity index (χ4n) is 2.43. The lowest BCUT2D eigenvalue weighted by atomic mass is 10.0. The zero-order chi connectivity index (χ0) is 19.3. The molecule has 0 spiro atoms. The quantitative estimate of drug-likeness (QED) is 0.629.